The van der Waals surface area contributed by atoms with Gasteiger partial charge in [-0.1, -0.05) is 0 Å². The van der Waals surface area contributed by atoms with Gasteiger partial charge in [0.05, 0.1) is 33.7 Å². The Morgan fingerprint density at radius 1 is 1.35 bits per heavy atom. The number of nitrogens with two attached hydrogens (primary N) is 1. The molecule has 0 fully saturated rings. The number of rotatable bonds is 5. The number of hydrogen-bond donors (Lipinski definition) is 2. The van der Waals surface area contributed by atoms with E-state index in [1.54, 1.807) is 14.2 Å². The molecule has 5 nitrogen and oxygen atoms in total. The Morgan fingerprint density at radius 2 is 2.00 bits per heavy atom. The molecule has 0 spiro atoms. The van der Waals surface area contributed by atoms with E-state index in [0.717, 1.165) is 31.0 Å². The molecule has 1 aliphatic rings. The third kappa shape index (κ3) is 2.88. The summed E-state index contributed by atoms with van der Waals surface area (Å²) in [5, 5.41) is 0. The van der Waals surface area contributed by atoms with Crippen LogP contribution in [0.2, 0.25) is 0 Å². The van der Waals surface area contributed by atoms with Crippen LogP contribution in [-0.4, -0.2) is 33.2 Å². The van der Waals surface area contributed by atoms with Crippen molar-refractivity contribution in [3.63, 3.8) is 0 Å². The van der Waals surface area contributed by atoms with Crippen LogP contribution in [0.1, 0.15) is 30.5 Å². The minimum Gasteiger partial charge on any atom is -0.493 e. The first kappa shape index (κ1) is 14.7. The summed E-state index contributed by atoms with van der Waals surface area (Å²) in [6.07, 6.45) is 1.41. The molecule has 5 heteroatoms. The van der Waals surface area contributed by atoms with Crippen LogP contribution in [0.5, 0.6) is 11.5 Å². The molecule has 1 aromatic carbocycles. The summed E-state index contributed by atoms with van der Waals surface area (Å²) in [4.78, 5) is 12.3. The fourth-order valence-corrected chi connectivity index (χ4v) is 2.91. The molecule has 1 aliphatic heterocycles. The minimum atomic E-state index is -0.234. The van der Waals surface area contributed by atoms with Crippen LogP contribution in [0.4, 0.5) is 0 Å². The standard InChI is InChI=1S/C15H22N2O3/c1-10-12-9-14(20-3)13(19-2)8-11(12)4-6-17(10)7-5-15(16)18/h8-10H,4-7H2,1-3H3,(H2,16,18)/p+1/t10-/m1/s1. The first-order valence-electron chi connectivity index (χ1n) is 6.94. The SMILES string of the molecule is COc1cc2c(cc1OC)[C@@H](C)[NH+](CCC(N)=O)CC2. The number of fused-ring (bicyclic) bond motifs is 1. The largest absolute Gasteiger partial charge is 0.493 e. The Hall–Kier alpha value is -1.75. The third-order valence-corrected chi connectivity index (χ3v) is 4.13. The van der Waals surface area contributed by atoms with Gasteiger partial charge in [0.2, 0.25) is 5.91 Å². The number of carbonyl (C=O) groups is 1. The zero-order valence-electron chi connectivity index (χ0n) is 12.4. The number of ether oxygens (including phenoxy) is 2. The molecular formula is C15H23N2O3+. The molecule has 1 amide bonds. The fourth-order valence-electron chi connectivity index (χ4n) is 2.91. The molecular weight excluding hydrogens is 256 g/mol. The van der Waals surface area contributed by atoms with E-state index in [1.807, 2.05) is 0 Å². The summed E-state index contributed by atoms with van der Waals surface area (Å²) < 4.78 is 10.7. The topological polar surface area (TPSA) is 66.0 Å². The molecule has 2 atom stereocenters. The molecule has 2 rings (SSSR count). The molecule has 0 radical (unpaired) electrons. The van der Waals surface area contributed by atoms with Crippen molar-refractivity contribution in [2.45, 2.75) is 25.8 Å². The Labute approximate surface area is 119 Å². The van der Waals surface area contributed by atoms with E-state index in [2.05, 4.69) is 19.1 Å². The first-order chi connectivity index (χ1) is 9.56. The van der Waals surface area contributed by atoms with Crippen molar-refractivity contribution >= 4 is 5.91 Å². The van der Waals surface area contributed by atoms with Crippen molar-refractivity contribution in [1.29, 1.82) is 0 Å². The summed E-state index contributed by atoms with van der Waals surface area (Å²) in [5.41, 5.74) is 7.82. The maximum Gasteiger partial charge on any atom is 0.223 e. The maximum absolute atomic E-state index is 11.0. The highest BCUT2D eigenvalue weighted by Crippen LogP contribution is 2.33. The van der Waals surface area contributed by atoms with Gasteiger partial charge in [-0.15, -0.1) is 0 Å². The second-order valence-electron chi connectivity index (χ2n) is 5.25. The van der Waals surface area contributed by atoms with Crippen molar-refractivity contribution in [2.24, 2.45) is 5.73 Å². The van der Waals surface area contributed by atoms with Gasteiger partial charge in [0.1, 0.15) is 6.04 Å². The van der Waals surface area contributed by atoms with Crippen molar-refractivity contribution in [2.75, 3.05) is 27.3 Å². The summed E-state index contributed by atoms with van der Waals surface area (Å²) in [5.74, 6) is 1.30. The smallest absolute Gasteiger partial charge is 0.223 e. The summed E-state index contributed by atoms with van der Waals surface area (Å²) in [6, 6.07) is 4.45. The highest BCUT2D eigenvalue weighted by Gasteiger charge is 2.29. The number of quaternary nitrogens is 1. The summed E-state index contributed by atoms with van der Waals surface area (Å²) in [6.45, 7) is 3.97. The molecule has 1 unspecified atom stereocenters. The molecule has 0 aliphatic carbocycles. The average Bonchev–Trinajstić information content (AvgIpc) is 2.45. The number of nitrogens with one attached hydrogen (secondary N) is 1. The average molecular weight is 279 g/mol. The molecule has 0 saturated heterocycles. The van der Waals surface area contributed by atoms with E-state index in [9.17, 15) is 4.79 Å². The van der Waals surface area contributed by atoms with Gasteiger partial charge in [-0.3, -0.25) is 4.79 Å². The number of carbonyl (C=O) groups excluding carboxylic acids is 1. The van der Waals surface area contributed by atoms with E-state index in [0.29, 0.717) is 12.5 Å². The Kier molecular flexibility index (Phi) is 4.49. The van der Waals surface area contributed by atoms with E-state index in [4.69, 9.17) is 15.2 Å². The van der Waals surface area contributed by atoms with Gasteiger partial charge in [-0.2, -0.15) is 0 Å². The number of amides is 1. The maximum atomic E-state index is 11.0. The quantitative estimate of drug-likeness (QED) is 0.802. The molecule has 1 aromatic rings. The normalized spacial score (nSPS) is 21.1. The number of methoxy groups -OCH3 is 2. The van der Waals surface area contributed by atoms with Gasteiger partial charge >= 0.3 is 0 Å². The fraction of sp³-hybridized carbons (Fsp3) is 0.533. The third-order valence-electron chi connectivity index (χ3n) is 4.13. The van der Waals surface area contributed by atoms with Gasteiger partial charge in [0, 0.05) is 12.0 Å². The van der Waals surface area contributed by atoms with E-state index in [-0.39, 0.29) is 5.91 Å². The number of benzene rings is 1. The Morgan fingerprint density at radius 3 is 2.60 bits per heavy atom. The molecule has 110 valence electrons. The Bertz CT molecular complexity index is 502. The minimum absolute atomic E-state index is 0.234. The lowest BCUT2D eigenvalue weighted by Crippen LogP contribution is -3.13. The van der Waals surface area contributed by atoms with Crippen LogP contribution in [-0.2, 0) is 11.2 Å². The second kappa shape index (κ2) is 6.13. The van der Waals surface area contributed by atoms with Crippen molar-refractivity contribution in [1.82, 2.24) is 0 Å². The van der Waals surface area contributed by atoms with Crippen LogP contribution in [0.3, 0.4) is 0 Å². The molecule has 0 bridgehead atoms. The van der Waals surface area contributed by atoms with Crippen LogP contribution in [0.15, 0.2) is 12.1 Å². The van der Waals surface area contributed by atoms with Crippen LogP contribution in [0.25, 0.3) is 0 Å². The number of primary amides is 1. The zero-order valence-corrected chi connectivity index (χ0v) is 12.4. The molecule has 3 N–H and O–H groups in total. The summed E-state index contributed by atoms with van der Waals surface area (Å²) in [7, 11) is 3.30. The second-order valence-corrected chi connectivity index (χ2v) is 5.25. The van der Waals surface area contributed by atoms with Crippen molar-refractivity contribution in [3.8, 4) is 11.5 Å². The van der Waals surface area contributed by atoms with E-state index in [1.165, 1.54) is 16.0 Å². The van der Waals surface area contributed by atoms with Gasteiger partial charge < -0.3 is 20.1 Å². The monoisotopic (exact) mass is 279 g/mol. The van der Waals surface area contributed by atoms with Gasteiger partial charge in [-0.05, 0) is 24.6 Å². The van der Waals surface area contributed by atoms with Gasteiger partial charge in [0.25, 0.3) is 0 Å². The van der Waals surface area contributed by atoms with Crippen LogP contribution in [0, 0.1) is 0 Å². The van der Waals surface area contributed by atoms with E-state index >= 15 is 0 Å². The molecule has 0 saturated carbocycles. The zero-order chi connectivity index (χ0) is 14.7. The highest BCUT2D eigenvalue weighted by molar-refractivity contribution is 5.73. The Balaban J connectivity index is 2.24. The molecule has 20 heavy (non-hydrogen) atoms. The lowest BCUT2D eigenvalue weighted by Gasteiger charge is -2.32. The predicted molar refractivity (Wildman–Crippen MR) is 76.2 cm³/mol. The first-order valence-corrected chi connectivity index (χ1v) is 6.94. The lowest BCUT2D eigenvalue weighted by atomic mass is 9.92. The van der Waals surface area contributed by atoms with Gasteiger partial charge in [0.15, 0.2) is 11.5 Å². The van der Waals surface area contributed by atoms with Crippen LogP contribution >= 0.6 is 0 Å². The van der Waals surface area contributed by atoms with Crippen molar-refractivity contribution in [3.05, 3.63) is 23.3 Å². The highest BCUT2D eigenvalue weighted by atomic mass is 16.5. The lowest BCUT2D eigenvalue weighted by molar-refractivity contribution is -0.931. The van der Waals surface area contributed by atoms with Crippen LogP contribution < -0.4 is 20.1 Å². The molecule has 1 heterocycles. The van der Waals surface area contributed by atoms with Gasteiger partial charge in [-0.25, -0.2) is 0 Å². The number of hydrogen-bond acceptors (Lipinski definition) is 3. The van der Waals surface area contributed by atoms with E-state index < -0.39 is 0 Å². The predicted octanol–water partition coefficient (Wildman–Crippen LogP) is 0.0812. The summed E-state index contributed by atoms with van der Waals surface area (Å²) >= 11 is 0. The molecule has 0 aromatic heterocycles. The van der Waals surface area contributed by atoms with Crippen molar-refractivity contribution < 1.29 is 19.2 Å².